The zero-order valence-corrected chi connectivity index (χ0v) is 14.5. The van der Waals surface area contributed by atoms with Gasteiger partial charge in [0.15, 0.2) is 0 Å². The molecule has 0 bridgehead atoms. The number of nitrogens with zero attached hydrogens (tertiary/aromatic N) is 1. The normalized spacial score (nSPS) is 30.1. The molecule has 0 heterocycles. The van der Waals surface area contributed by atoms with E-state index in [4.69, 9.17) is 10.5 Å². The highest BCUT2D eigenvalue weighted by Crippen LogP contribution is 2.46. The molecule has 1 rings (SSSR count). The van der Waals surface area contributed by atoms with E-state index < -0.39 is 0 Å². The molecule has 3 heteroatoms. The maximum Gasteiger partial charge on any atom is 0.0589 e. The van der Waals surface area contributed by atoms with Crippen LogP contribution in [0.5, 0.6) is 0 Å². The highest BCUT2D eigenvalue weighted by Gasteiger charge is 2.46. The molecule has 1 aliphatic rings. The first-order valence-electron chi connectivity index (χ1n) is 8.21. The van der Waals surface area contributed by atoms with Gasteiger partial charge < -0.3 is 10.5 Å². The van der Waals surface area contributed by atoms with Gasteiger partial charge in [-0.3, -0.25) is 4.90 Å². The quantitative estimate of drug-likeness (QED) is 0.780. The summed E-state index contributed by atoms with van der Waals surface area (Å²) in [6, 6.07) is 0. The molecule has 0 aromatic heterocycles. The zero-order valence-electron chi connectivity index (χ0n) is 14.5. The van der Waals surface area contributed by atoms with Crippen LogP contribution in [0.2, 0.25) is 0 Å². The lowest BCUT2D eigenvalue weighted by molar-refractivity contribution is -0.0376. The van der Waals surface area contributed by atoms with E-state index in [1.54, 1.807) is 7.11 Å². The molecule has 1 aliphatic carbocycles. The Labute approximate surface area is 126 Å². The largest absolute Gasteiger partial charge is 0.383 e. The average Bonchev–Trinajstić information content (AvgIpc) is 2.34. The number of ether oxygens (including phenoxy) is 1. The molecular formula is C17H36N2O. The third kappa shape index (κ3) is 4.19. The first kappa shape index (κ1) is 17.9. The summed E-state index contributed by atoms with van der Waals surface area (Å²) >= 11 is 0. The van der Waals surface area contributed by atoms with Crippen LogP contribution in [0.4, 0.5) is 0 Å². The van der Waals surface area contributed by atoms with Crippen molar-refractivity contribution in [1.29, 1.82) is 0 Å². The third-order valence-electron chi connectivity index (χ3n) is 5.14. The molecule has 3 nitrogen and oxygen atoms in total. The van der Waals surface area contributed by atoms with Crippen molar-refractivity contribution >= 4 is 0 Å². The van der Waals surface area contributed by atoms with Crippen LogP contribution in [-0.4, -0.2) is 43.8 Å². The van der Waals surface area contributed by atoms with E-state index in [9.17, 15) is 0 Å². The topological polar surface area (TPSA) is 38.5 Å². The van der Waals surface area contributed by atoms with Crippen molar-refractivity contribution in [2.75, 3.05) is 33.4 Å². The number of methoxy groups -OCH3 is 1. The number of hydrogen-bond donors (Lipinski definition) is 1. The molecule has 120 valence electrons. The summed E-state index contributed by atoms with van der Waals surface area (Å²) in [6.07, 6.45) is 3.76. The van der Waals surface area contributed by atoms with Gasteiger partial charge >= 0.3 is 0 Å². The lowest BCUT2D eigenvalue weighted by Gasteiger charge is -2.54. The molecule has 0 saturated heterocycles. The van der Waals surface area contributed by atoms with E-state index in [1.165, 1.54) is 19.3 Å². The highest BCUT2D eigenvalue weighted by molar-refractivity contribution is 5.02. The summed E-state index contributed by atoms with van der Waals surface area (Å²) in [5.74, 6) is 1.31. The Morgan fingerprint density at radius 3 is 2.40 bits per heavy atom. The van der Waals surface area contributed by atoms with Crippen LogP contribution in [0.1, 0.15) is 53.9 Å². The molecule has 0 amide bonds. The number of rotatable bonds is 7. The van der Waals surface area contributed by atoms with Crippen molar-refractivity contribution in [2.24, 2.45) is 23.0 Å². The smallest absolute Gasteiger partial charge is 0.0589 e. The number of hydrogen-bond acceptors (Lipinski definition) is 3. The van der Waals surface area contributed by atoms with Crippen LogP contribution in [0.25, 0.3) is 0 Å². The van der Waals surface area contributed by atoms with Crippen LogP contribution in [0.15, 0.2) is 0 Å². The summed E-state index contributed by atoms with van der Waals surface area (Å²) < 4.78 is 5.33. The van der Waals surface area contributed by atoms with Gasteiger partial charge in [-0.25, -0.2) is 0 Å². The SMILES string of the molecule is COCCN(CC(C)C)C1(CN)CCC(C)(C)CC1C. The monoisotopic (exact) mass is 284 g/mol. The molecule has 1 saturated carbocycles. The van der Waals surface area contributed by atoms with Crippen molar-refractivity contribution in [3.63, 3.8) is 0 Å². The standard InChI is InChI=1S/C17H36N2O/c1-14(2)12-19(9-10-20-6)17(13-18)8-7-16(4,5)11-15(17)3/h14-15H,7-13,18H2,1-6H3. The second-order valence-electron chi connectivity index (χ2n) is 7.91. The minimum atomic E-state index is 0.165. The predicted molar refractivity (Wildman–Crippen MR) is 86.9 cm³/mol. The fraction of sp³-hybridized carbons (Fsp3) is 1.00. The van der Waals surface area contributed by atoms with Crippen molar-refractivity contribution in [1.82, 2.24) is 4.90 Å². The van der Waals surface area contributed by atoms with Gasteiger partial charge in [0.05, 0.1) is 6.61 Å². The lowest BCUT2D eigenvalue weighted by atomic mass is 9.63. The summed E-state index contributed by atoms with van der Waals surface area (Å²) in [4.78, 5) is 2.63. The summed E-state index contributed by atoms with van der Waals surface area (Å²) in [5, 5.41) is 0. The maximum absolute atomic E-state index is 6.28. The summed E-state index contributed by atoms with van der Waals surface area (Å²) in [5.41, 5.74) is 6.91. The fourth-order valence-electron chi connectivity index (χ4n) is 3.96. The second kappa shape index (κ2) is 7.24. The van der Waals surface area contributed by atoms with Crippen LogP contribution < -0.4 is 5.73 Å². The lowest BCUT2D eigenvalue weighted by Crippen LogP contribution is -2.62. The van der Waals surface area contributed by atoms with Gasteiger partial charge in [0.1, 0.15) is 0 Å². The Balaban J connectivity index is 2.92. The van der Waals surface area contributed by atoms with E-state index in [0.29, 0.717) is 17.3 Å². The molecule has 0 aliphatic heterocycles. The Hall–Kier alpha value is -0.120. The Morgan fingerprint density at radius 2 is 1.95 bits per heavy atom. The van der Waals surface area contributed by atoms with Gasteiger partial charge in [-0.1, -0.05) is 34.6 Å². The van der Waals surface area contributed by atoms with Gasteiger partial charge in [-0.05, 0) is 36.5 Å². The predicted octanol–water partition coefficient (Wildman–Crippen LogP) is 3.13. The fourth-order valence-corrected chi connectivity index (χ4v) is 3.96. The summed E-state index contributed by atoms with van der Waals surface area (Å²) in [7, 11) is 1.79. The van der Waals surface area contributed by atoms with Gasteiger partial charge in [0, 0.05) is 32.3 Å². The third-order valence-corrected chi connectivity index (χ3v) is 5.14. The van der Waals surface area contributed by atoms with Crippen LogP contribution in [0, 0.1) is 17.3 Å². The zero-order chi connectivity index (χ0) is 15.4. The van der Waals surface area contributed by atoms with Gasteiger partial charge in [0.25, 0.3) is 0 Å². The first-order valence-corrected chi connectivity index (χ1v) is 8.21. The van der Waals surface area contributed by atoms with E-state index in [2.05, 4.69) is 39.5 Å². The Morgan fingerprint density at radius 1 is 1.30 bits per heavy atom. The highest BCUT2D eigenvalue weighted by atomic mass is 16.5. The van der Waals surface area contributed by atoms with Crippen molar-refractivity contribution < 1.29 is 4.74 Å². The van der Waals surface area contributed by atoms with Gasteiger partial charge in [0.2, 0.25) is 0 Å². The minimum Gasteiger partial charge on any atom is -0.383 e. The molecule has 0 aromatic carbocycles. The van der Waals surface area contributed by atoms with Crippen molar-refractivity contribution in [3.05, 3.63) is 0 Å². The molecular weight excluding hydrogens is 248 g/mol. The first-order chi connectivity index (χ1) is 9.27. The van der Waals surface area contributed by atoms with E-state index in [-0.39, 0.29) is 5.54 Å². The Kier molecular flexibility index (Phi) is 6.49. The molecule has 0 spiro atoms. The maximum atomic E-state index is 6.28. The van der Waals surface area contributed by atoms with Gasteiger partial charge in [-0.2, -0.15) is 0 Å². The van der Waals surface area contributed by atoms with Gasteiger partial charge in [-0.15, -0.1) is 0 Å². The van der Waals surface area contributed by atoms with Crippen LogP contribution in [0.3, 0.4) is 0 Å². The van der Waals surface area contributed by atoms with E-state index >= 15 is 0 Å². The molecule has 1 fully saturated rings. The molecule has 0 radical (unpaired) electrons. The number of nitrogens with two attached hydrogens (primary N) is 1. The van der Waals surface area contributed by atoms with E-state index in [0.717, 1.165) is 26.2 Å². The van der Waals surface area contributed by atoms with Crippen molar-refractivity contribution in [3.8, 4) is 0 Å². The van der Waals surface area contributed by atoms with Crippen LogP contribution >= 0.6 is 0 Å². The molecule has 2 N–H and O–H groups in total. The average molecular weight is 284 g/mol. The van der Waals surface area contributed by atoms with Crippen molar-refractivity contribution in [2.45, 2.75) is 59.4 Å². The Bertz CT molecular complexity index is 291. The van der Waals surface area contributed by atoms with E-state index in [1.807, 2.05) is 0 Å². The minimum absolute atomic E-state index is 0.165. The summed E-state index contributed by atoms with van der Waals surface area (Å²) in [6.45, 7) is 15.4. The molecule has 20 heavy (non-hydrogen) atoms. The molecule has 2 atom stereocenters. The molecule has 0 aromatic rings. The molecule has 2 unspecified atom stereocenters. The second-order valence-corrected chi connectivity index (χ2v) is 7.91. The van der Waals surface area contributed by atoms with Crippen LogP contribution in [-0.2, 0) is 4.74 Å².